The van der Waals surface area contributed by atoms with E-state index in [0.29, 0.717) is 18.3 Å². The molecule has 0 atom stereocenters. The molecule has 0 spiro atoms. The molecule has 0 aliphatic carbocycles. The molecule has 2 aromatic carbocycles. The van der Waals surface area contributed by atoms with Gasteiger partial charge in [-0.2, -0.15) is 0 Å². The monoisotopic (exact) mass is 436 g/mol. The zero-order chi connectivity index (χ0) is 21.5. The van der Waals surface area contributed by atoms with Crippen LogP contribution in [-0.4, -0.2) is 34.1 Å². The first kappa shape index (κ1) is 21.4. The molecular weight excluding hydrogens is 411 g/mol. The zero-order valence-electron chi connectivity index (χ0n) is 17.2. The van der Waals surface area contributed by atoms with E-state index < -0.39 is 0 Å². The lowest BCUT2D eigenvalue weighted by Gasteiger charge is -2.31. The third kappa shape index (κ3) is 6.31. The van der Waals surface area contributed by atoms with E-state index in [9.17, 15) is 9.18 Å². The molecule has 0 unspecified atom stereocenters. The van der Waals surface area contributed by atoms with Crippen molar-refractivity contribution in [3.05, 3.63) is 90.0 Å². The normalized spacial score (nSPS) is 14.4. The van der Waals surface area contributed by atoms with Crippen molar-refractivity contribution >= 4 is 17.7 Å². The van der Waals surface area contributed by atoms with Gasteiger partial charge in [0.05, 0.1) is 6.42 Å². The number of carbonyl (C=O) groups is 1. The Hall–Kier alpha value is -2.86. The third-order valence-corrected chi connectivity index (χ3v) is 6.64. The number of aromatic nitrogens is 1. The Balaban J connectivity index is 1.22. The summed E-state index contributed by atoms with van der Waals surface area (Å²) in [4.78, 5) is 19.7. The van der Waals surface area contributed by atoms with Crippen LogP contribution in [0.3, 0.4) is 0 Å². The molecule has 2 heterocycles. The molecule has 0 radical (unpaired) electrons. The summed E-state index contributed by atoms with van der Waals surface area (Å²) in [5, 5.41) is 0.501. The maximum absolute atomic E-state index is 13.3. The average molecular weight is 437 g/mol. The predicted molar refractivity (Wildman–Crippen MR) is 121 cm³/mol. The van der Waals surface area contributed by atoms with Crippen molar-refractivity contribution in [3.63, 3.8) is 0 Å². The van der Waals surface area contributed by atoms with Crippen molar-refractivity contribution in [1.82, 2.24) is 9.88 Å². The number of pyridine rings is 1. The van der Waals surface area contributed by atoms with Crippen LogP contribution in [0.1, 0.15) is 24.0 Å². The van der Waals surface area contributed by atoms with Crippen LogP contribution < -0.4 is 4.74 Å². The van der Waals surface area contributed by atoms with Gasteiger partial charge in [0, 0.05) is 35.6 Å². The number of halogens is 1. The van der Waals surface area contributed by atoms with E-state index in [0.717, 1.165) is 42.8 Å². The zero-order valence-corrected chi connectivity index (χ0v) is 18.1. The van der Waals surface area contributed by atoms with E-state index in [4.69, 9.17) is 4.74 Å². The van der Waals surface area contributed by atoms with E-state index in [1.165, 1.54) is 17.0 Å². The summed E-state index contributed by atoms with van der Waals surface area (Å²) < 4.78 is 19.0. The number of amides is 1. The number of ether oxygens (including phenoxy) is 1. The van der Waals surface area contributed by atoms with E-state index in [1.54, 1.807) is 18.5 Å². The van der Waals surface area contributed by atoms with Crippen molar-refractivity contribution in [2.24, 2.45) is 0 Å². The van der Waals surface area contributed by atoms with Crippen molar-refractivity contribution < 1.29 is 13.9 Å². The van der Waals surface area contributed by atoms with Crippen LogP contribution in [0.5, 0.6) is 5.75 Å². The van der Waals surface area contributed by atoms with E-state index in [2.05, 4.69) is 17.1 Å². The Kier molecular flexibility index (Phi) is 7.20. The van der Waals surface area contributed by atoms with Gasteiger partial charge in [-0.1, -0.05) is 18.2 Å². The van der Waals surface area contributed by atoms with Crippen LogP contribution >= 0.6 is 11.8 Å². The van der Waals surface area contributed by atoms with Crippen molar-refractivity contribution in [3.8, 4) is 5.75 Å². The van der Waals surface area contributed by atoms with Crippen LogP contribution in [0.25, 0.3) is 0 Å². The SMILES string of the molecule is O=C(Cc1cccnc1)N1CCC(Sc2ccc(OCc3cccc(F)c3)cc2)CC1. The number of rotatable bonds is 7. The van der Waals surface area contributed by atoms with Crippen molar-refractivity contribution in [2.75, 3.05) is 13.1 Å². The predicted octanol–water partition coefficient (Wildman–Crippen LogP) is 5.13. The van der Waals surface area contributed by atoms with E-state index in [1.807, 2.05) is 47.0 Å². The Morgan fingerprint density at radius 3 is 2.55 bits per heavy atom. The number of hydrogen-bond donors (Lipinski definition) is 0. The van der Waals surface area contributed by atoms with Gasteiger partial charge in [0.2, 0.25) is 5.91 Å². The third-order valence-electron chi connectivity index (χ3n) is 5.29. The fourth-order valence-corrected chi connectivity index (χ4v) is 4.74. The summed E-state index contributed by atoms with van der Waals surface area (Å²) in [5.41, 5.74) is 1.77. The topological polar surface area (TPSA) is 42.4 Å². The number of carbonyl (C=O) groups excluding carboxylic acids is 1. The summed E-state index contributed by atoms with van der Waals surface area (Å²) in [6.07, 6.45) is 5.87. The van der Waals surface area contributed by atoms with Gasteiger partial charge in [-0.05, 0) is 66.4 Å². The largest absolute Gasteiger partial charge is 0.489 e. The molecule has 0 saturated carbocycles. The molecule has 1 aliphatic rings. The second kappa shape index (κ2) is 10.4. The fourth-order valence-electron chi connectivity index (χ4n) is 3.61. The molecule has 0 N–H and O–H groups in total. The minimum Gasteiger partial charge on any atom is -0.489 e. The molecule has 160 valence electrons. The molecule has 1 amide bonds. The van der Waals surface area contributed by atoms with Gasteiger partial charge in [0.15, 0.2) is 0 Å². The van der Waals surface area contributed by atoms with Crippen molar-refractivity contribution in [1.29, 1.82) is 0 Å². The molecule has 4 nitrogen and oxygen atoms in total. The van der Waals surface area contributed by atoms with Gasteiger partial charge >= 0.3 is 0 Å². The molecule has 0 bridgehead atoms. The molecule has 6 heteroatoms. The smallest absolute Gasteiger partial charge is 0.227 e. The lowest BCUT2D eigenvalue weighted by molar-refractivity contribution is -0.131. The van der Waals surface area contributed by atoms with E-state index >= 15 is 0 Å². The molecule has 1 saturated heterocycles. The number of likely N-dealkylation sites (tertiary alicyclic amines) is 1. The van der Waals surface area contributed by atoms with Crippen LogP contribution in [0.4, 0.5) is 4.39 Å². The standard InChI is InChI=1S/C25H25FN2O2S/c26-21-5-1-3-20(15-21)18-30-22-6-8-23(9-7-22)31-24-10-13-28(14-11-24)25(29)16-19-4-2-12-27-17-19/h1-9,12,15,17,24H,10-11,13-14,16,18H2. The summed E-state index contributed by atoms with van der Waals surface area (Å²) in [5.74, 6) is 0.693. The summed E-state index contributed by atoms with van der Waals surface area (Å²) in [6.45, 7) is 1.94. The fraction of sp³-hybridized carbons (Fsp3) is 0.280. The average Bonchev–Trinajstić information content (AvgIpc) is 2.80. The first-order valence-electron chi connectivity index (χ1n) is 10.5. The van der Waals surface area contributed by atoms with Crippen LogP contribution in [-0.2, 0) is 17.8 Å². The van der Waals surface area contributed by atoms with Gasteiger partial charge in [-0.3, -0.25) is 9.78 Å². The van der Waals surface area contributed by atoms with Gasteiger partial charge in [0.1, 0.15) is 18.2 Å². The second-order valence-electron chi connectivity index (χ2n) is 7.63. The minimum absolute atomic E-state index is 0.177. The quantitative estimate of drug-likeness (QED) is 0.515. The maximum atomic E-state index is 13.3. The summed E-state index contributed by atoms with van der Waals surface area (Å²) in [7, 11) is 0. The first-order chi connectivity index (χ1) is 15.2. The highest BCUT2D eigenvalue weighted by Crippen LogP contribution is 2.31. The highest BCUT2D eigenvalue weighted by molar-refractivity contribution is 8.00. The number of nitrogens with zero attached hydrogens (tertiary/aromatic N) is 2. The summed E-state index contributed by atoms with van der Waals surface area (Å²) >= 11 is 1.85. The maximum Gasteiger partial charge on any atom is 0.227 e. The van der Waals surface area contributed by atoms with Gasteiger partial charge in [-0.25, -0.2) is 4.39 Å². The number of piperidine rings is 1. The molecular formula is C25H25FN2O2S. The highest BCUT2D eigenvalue weighted by atomic mass is 32.2. The molecule has 31 heavy (non-hydrogen) atoms. The number of hydrogen-bond acceptors (Lipinski definition) is 4. The highest BCUT2D eigenvalue weighted by Gasteiger charge is 2.23. The Morgan fingerprint density at radius 2 is 1.84 bits per heavy atom. The second-order valence-corrected chi connectivity index (χ2v) is 9.00. The minimum atomic E-state index is -0.252. The molecule has 1 aliphatic heterocycles. The van der Waals surface area contributed by atoms with Gasteiger partial charge in [-0.15, -0.1) is 11.8 Å². The lowest BCUT2D eigenvalue weighted by atomic mass is 10.1. The molecule has 4 rings (SSSR count). The number of thioether (sulfide) groups is 1. The number of benzene rings is 2. The van der Waals surface area contributed by atoms with Gasteiger partial charge in [0.25, 0.3) is 0 Å². The molecule has 1 fully saturated rings. The van der Waals surface area contributed by atoms with Crippen LogP contribution in [0, 0.1) is 5.82 Å². The Labute approximate surface area is 186 Å². The lowest BCUT2D eigenvalue weighted by Crippen LogP contribution is -2.40. The molecule has 1 aromatic heterocycles. The Bertz CT molecular complexity index is 990. The first-order valence-corrected chi connectivity index (χ1v) is 11.3. The van der Waals surface area contributed by atoms with E-state index in [-0.39, 0.29) is 11.7 Å². The van der Waals surface area contributed by atoms with Crippen LogP contribution in [0.15, 0.2) is 78.0 Å². The summed E-state index contributed by atoms with van der Waals surface area (Å²) in [6, 6.07) is 18.3. The molecule has 3 aromatic rings. The Morgan fingerprint density at radius 1 is 1.06 bits per heavy atom. The van der Waals surface area contributed by atoms with Gasteiger partial charge < -0.3 is 9.64 Å². The van der Waals surface area contributed by atoms with Crippen molar-refractivity contribution in [2.45, 2.75) is 36.0 Å². The van der Waals surface area contributed by atoms with Crippen LogP contribution in [0.2, 0.25) is 0 Å².